The molecule has 0 fully saturated rings. The molecule has 3 rings (SSSR count). The van der Waals surface area contributed by atoms with Crippen molar-refractivity contribution in [1.29, 1.82) is 0 Å². The van der Waals surface area contributed by atoms with Crippen LogP contribution in [-0.4, -0.2) is 5.91 Å². The Bertz CT molecular complexity index is 669. The predicted octanol–water partition coefficient (Wildman–Crippen LogP) is 2.82. The Morgan fingerprint density at radius 2 is 1.89 bits per heavy atom. The standard InChI is InChI=1S/C15H13FN2O/c1-9-10-5-2-3-6-11(10)14-12(16)7-4-8-13(14)18(17)15(9)19/h2-9H,17H2,1H3. The fourth-order valence-electron chi connectivity index (χ4n) is 2.54. The molecule has 3 nitrogen and oxygen atoms in total. The van der Waals surface area contributed by atoms with Crippen LogP contribution < -0.4 is 10.9 Å². The first-order valence-electron chi connectivity index (χ1n) is 6.07. The van der Waals surface area contributed by atoms with Gasteiger partial charge in [0, 0.05) is 5.56 Å². The van der Waals surface area contributed by atoms with Crippen LogP contribution in [0.5, 0.6) is 0 Å². The van der Waals surface area contributed by atoms with Gasteiger partial charge in [-0.25, -0.2) is 15.2 Å². The van der Waals surface area contributed by atoms with E-state index in [1.807, 2.05) is 24.3 Å². The van der Waals surface area contributed by atoms with Crippen molar-refractivity contribution in [3.8, 4) is 11.1 Å². The number of rotatable bonds is 0. The van der Waals surface area contributed by atoms with E-state index >= 15 is 0 Å². The molecular weight excluding hydrogens is 243 g/mol. The molecule has 4 heteroatoms. The number of fused-ring (bicyclic) bond motifs is 3. The molecule has 2 aromatic carbocycles. The van der Waals surface area contributed by atoms with Crippen LogP contribution in [0.15, 0.2) is 42.5 Å². The van der Waals surface area contributed by atoms with Gasteiger partial charge in [-0.05, 0) is 30.2 Å². The molecule has 0 saturated heterocycles. The van der Waals surface area contributed by atoms with Crippen LogP contribution in [0.2, 0.25) is 0 Å². The van der Waals surface area contributed by atoms with Crippen LogP contribution in [0.3, 0.4) is 0 Å². The lowest BCUT2D eigenvalue weighted by Gasteiger charge is -2.18. The summed E-state index contributed by atoms with van der Waals surface area (Å²) in [4.78, 5) is 12.3. The van der Waals surface area contributed by atoms with Crippen molar-refractivity contribution < 1.29 is 9.18 Å². The number of carbonyl (C=O) groups is 1. The average molecular weight is 256 g/mol. The summed E-state index contributed by atoms with van der Waals surface area (Å²) in [7, 11) is 0. The van der Waals surface area contributed by atoms with Crippen molar-refractivity contribution >= 4 is 11.6 Å². The molecule has 0 aliphatic carbocycles. The average Bonchev–Trinajstić information content (AvgIpc) is 2.51. The highest BCUT2D eigenvalue weighted by Gasteiger charge is 2.30. The Kier molecular flexibility index (Phi) is 2.61. The maximum absolute atomic E-state index is 14.2. The van der Waals surface area contributed by atoms with Crippen molar-refractivity contribution in [3.05, 3.63) is 53.8 Å². The van der Waals surface area contributed by atoms with Crippen molar-refractivity contribution in [2.24, 2.45) is 5.84 Å². The summed E-state index contributed by atoms with van der Waals surface area (Å²) in [5.74, 6) is 4.84. The molecule has 0 aromatic heterocycles. The molecular formula is C15H13FN2O. The summed E-state index contributed by atoms with van der Waals surface area (Å²) in [6.07, 6.45) is 0. The second-order valence-corrected chi connectivity index (χ2v) is 4.65. The fraction of sp³-hybridized carbons (Fsp3) is 0.133. The van der Waals surface area contributed by atoms with E-state index in [9.17, 15) is 9.18 Å². The van der Waals surface area contributed by atoms with Crippen molar-refractivity contribution in [3.63, 3.8) is 0 Å². The maximum Gasteiger partial charge on any atom is 0.248 e. The van der Waals surface area contributed by atoms with Crippen molar-refractivity contribution in [2.45, 2.75) is 12.8 Å². The first-order chi connectivity index (χ1) is 9.11. The van der Waals surface area contributed by atoms with Crippen LogP contribution in [0.1, 0.15) is 18.4 Å². The molecule has 2 N–H and O–H groups in total. The molecule has 19 heavy (non-hydrogen) atoms. The predicted molar refractivity (Wildman–Crippen MR) is 71.9 cm³/mol. The molecule has 1 amide bonds. The van der Waals surface area contributed by atoms with E-state index in [-0.39, 0.29) is 11.7 Å². The summed E-state index contributed by atoms with van der Waals surface area (Å²) in [6.45, 7) is 1.78. The van der Waals surface area contributed by atoms with E-state index in [1.165, 1.54) is 6.07 Å². The summed E-state index contributed by atoms with van der Waals surface area (Å²) in [6, 6.07) is 11.9. The Morgan fingerprint density at radius 1 is 1.16 bits per heavy atom. The highest BCUT2D eigenvalue weighted by molar-refractivity contribution is 6.04. The molecule has 1 atom stereocenters. The Morgan fingerprint density at radius 3 is 2.68 bits per heavy atom. The third-order valence-electron chi connectivity index (χ3n) is 3.56. The number of benzene rings is 2. The number of carbonyl (C=O) groups excluding carboxylic acids is 1. The second-order valence-electron chi connectivity index (χ2n) is 4.65. The number of halogens is 1. The third kappa shape index (κ3) is 1.64. The SMILES string of the molecule is CC1C(=O)N(N)c2cccc(F)c2-c2ccccc21. The van der Waals surface area contributed by atoms with Gasteiger partial charge in [0.1, 0.15) is 5.82 Å². The number of hydrogen-bond donors (Lipinski definition) is 1. The van der Waals surface area contributed by atoms with Gasteiger partial charge in [0.15, 0.2) is 0 Å². The minimum Gasteiger partial charge on any atom is -0.272 e. The van der Waals surface area contributed by atoms with Gasteiger partial charge in [-0.3, -0.25) is 4.79 Å². The molecule has 2 aromatic rings. The first-order valence-corrected chi connectivity index (χ1v) is 6.07. The fourth-order valence-corrected chi connectivity index (χ4v) is 2.54. The highest BCUT2D eigenvalue weighted by atomic mass is 19.1. The quantitative estimate of drug-likeness (QED) is 0.582. The third-order valence-corrected chi connectivity index (χ3v) is 3.56. The van der Waals surface area contributed by atoms with Crippen molar-refractivity contribution in [1.82, 2.24) is 0 Å². The number of nitrogens with two attached hydrogens (primary N) is 1. The largest absolute Gasteiger partial charge is 0.272 e. The van der Waals surface area contributed by atoms with Crippen LogP contribution >= 0.6 is 0 Å². The number of nitrogens with zero attached hydrogens (tertiary/aromatic N) is 1. The van der Waals surface area contributed by atoms with E-state index in [0.29, 0.717) is 11.3 Å². The number of anilines is 1. The van der Waals surface area contributed by atoms with Gasteiger partial charge in [-0.2, -0.15) is 0 Å². The molecule has 0 saturated carbocycles. The Labute approximate surface area is 110 Å². The molecule has 1 aliphatic heterocycles. The Hall–Kier alpha value is -2.20. The Balaban J connectivity index is 2.41. The minimum atomic E-state index is -0.395. The highest BCUT2D eigenvalue weighted by Crippen LogP contribution is 2.40. The second kappa shape index (κ2) is 4.17. The van der Waals surface area contributed by atoms with Gasteiger partial charge in [-0.1, -0.05) is 30.3 Å². The molecule has 1 aliphatic rings. The van der Waals surface area contributed by atoms with E-state index in [1.54, 1.807) is 19.1 Å². The summed E-state index contributed by atoms with van der Waals surface area (Å²) >= 11 is 0. The van der Waals surface area contributed by atoms with Crippen LogP contribution in [-0.2, 0) is 4.79 Å². The smallest absolute Gasteiger partial charge is 0.248 e. The number of hydrazine groups is 1. The zero-order valence-corrected chi connectivity index (χ0v) is 10.4. The van der Waals surface area contributed by atoms with Crippen LogP contribution in [0.25, 0.3) is 11.1 Å². The molecule has 0 spiro atoms. The summed E-state index contributed by atoms with van der Waals surface area (Å²) in [5, 5.41) is 1.04. The lowest BCUT2D eigenvalue weighted by Crippen LogP contribution is -2.39. The zero-order chi connectivity index (χ0) is 13.6. The van der Waals surface area contributed by atoms with E-state index < -0.39 is 5.92 Å². The van der Waals surface area contributed by atoms with Crippen LogP contribution in [0.4, 0.5) is 10.1 Å². The maximum atomic E-state index is 14.2. The van der Waals surface area contributed by atoms with E-state index in [2.05, 4.69) is 0 Å². The molecule has 1 unspecified atom stereocenters. The van der Waals surface area contributed by atoms with Gasteiger partial charge in [0.25, 0.3) is 0 Å². The summed E-state index contributed by atoms with van der Waals surface area (Å²) in [5.41, 5.74) is 2.32. The monoisotopic (exact) mass is 256 g/mol. The molecule has 96 valence electrons. The van der Waals surface area contributed by atoms with Gasteiger partial charge in [0.05, 0.1) is 11.6 Å². The number of hydrogen-bond acceptors (Lipinski definition) is 2. The van der Waals surface area contributed by atoms with Gasteiger partial charge in [-0.15, -0.1) is 0 Å². The normalized spacial score (nSPS) is 17.7. The van der Waals surface area contributed by atoms with E-state index in [4.69, 9.17) is 5.84 Å². The zero-order valence-electron chi connectivity index (χ0n) is 10.4. The lowest BCUT2D eigenvalue weighted by atomic mass is 9.92. The minimum absolute atomic E-state index is 0.239. The molecule has 0 bridgehead atoms. The van der Waals surface area contributed by atoms with Gasteiger partial charge >= 0.3 is 0 Å². The van der Waals surface area contributed by atoms with Crippen molar-refractivity contribution in [2.75, 3.05) is 5.01 Å². The molecule has 0 radical (unpaired) electrons. The van der Waals surface area contributed by atoms with Gasteiger partial charge in [0.2, 0.25) is 5.91 Å². The topological polar surface area (TPSA) is 46.3 Å². The van der Waals surface area contributed by atoms with E-state index in [0.717, 1.165) is 16.1 Å². The summed E-state index contributed by atoms with van der Waals surface area (Å²) < 4.78 is 14.2. The lowest BCUT2D eigenvalue weighted by molar-refractivity contribution is -0.119. The molecule has 1 heterocycles. The number of amides is 1. The van der Waals surface area contributed by atoms with Gasteiger partial charge < -0.3 is 0 Å². The first kappa shape index (κ1) is 11.9. The van der Waals surface area contributed by atoms with Crippen LogP contribution in [0, 0.1) is 5.82 Å².